The molecule has 23 heavy (non-hydrogen) atoms. The number of pyridine rings is 1. The quantitative estimate of drug-likeness (QED) is 0.846. The Morgan fingerprint density at radius 2 is 2.09 bits per heavy atom. The van der Waals surface area contributed by atoms with Gasteiger partial charge in [0, 0.05) is 29.0 Å². The van der Waals surface area contributed by atoms with E-state index in [2.05, 4.69) is 9.98 Å². The first-order valence-corrected chi connectivity index (χ1v) is 8.08. The number of rotatable bonds is 2. The summed E-state index contributed by atoms with van der Waals surface area (Å²) >= 11 is 5.94. The van der Waals surface area contributed by atoms with Crippen molar-refractivity contribution in [3.05, 3.63) is 63.9 Å². The number of aromatic nitrogens is 1. The zero-order valence-electron chi connectivity index (χ0n) is 12.8. The van der Waals surface area contributed by atoms with Crippen LogP contribution < -0.4 is 0 Å². The van der Waals surface area contributed by atoms with Gasteiger partial charge in [-0.1, -0.05) is 23.7 Å². The van der Waals surface area contributed by atoms with E-state index in [0.29, 0.717) is 17.1 Å². The van der Waals surface area contributed by atoms with Gasteiger partial charge in [0.2, 0.25) is 0 Å². The van der Waals surface area contributed by atoms with Crippen LogP contribution >= 0.6 is 11.6 Å². The van der Waals surface area contributed by atoms with Gasteiger partial charge in [-0.25, -0.2) is 0 Å². The van der Waals surface area contributed by atoms with Crippen molar-refractivity contribution in [1.82, 2.24) is 9.88 Å². The number of benzene rings is 1. The lowest BCUT2D eigenvalue weighted by Crippen LogP contribution is -2.45. The highest BCUT2D eigenvalue weighted by Gasteiger charge is 2.34. The molecule has 0 N–H and O–H groups in total. The normalized spacial score (nSPS) is 19.1. The average molecular weight is 326 g/mol. The van der Waals surface area contributed by atoms with E-state index >= 15 is 0 Å². The predicted molar refractivity (Wildman–Crippen MR) is 90.0 cm³/mol. The molecule has 0 spiro atoms. The standard InChI is InChI=1S/C18H16ClN3O/c1-11-15-8-13(9-21-16(15)10-20-11)18(23)22-7-6-17(22)12-2-4-14(19)5-3-12/h2-5,8-9,17H,6-7,10H2,1H3/t17-/m0/s1. The Kier molecular flexibility index (Phi) is 3.42. The summed E-state index contributed by atoms with van der Waals surface area (Å²) in [7, 11) is 0. The summed E-state index contributed by atoms with van der Waals surface area (Å²) in [5.74, 6) is 0.0335. The Labute approximate surface area is 139 Å². The lowest BCUT2D eigenvalue weighted by molar-refractivity contribution is 0.0460. The van der Waals surface area contributed by atoms with Gasteiger partial charge in [-0.05, 0) is 37.1 Å². The largest absolute Gasteiger partial charge is 0.331 e. The third-order valence-corrected chi connectivity index (χ3v) is 4.86. The van der Waals surface area contributed by atoms with Crippen LogP contribution in [0.4, 0.5) is 0 Å². The van der Waals surface area contributed by atoms with Gasteiger partial charge in [0.15, 0.2) is 0 Å². The molecule has 4 rings (SSSR count). The molecule has 0 aliphatic carbocycles. The molecule has 2 aliphatic rings. The molecule has 1 atom stereocenters. The van der Waals surface area contributed by atoms with Gasteiger partial charge < -0.3 is 4.90 Å². The number of aliphatic imine (C=N–C) groups is 1. The van der Waals surface area contributed by atoms with Crippen LogP contribution in [0.5, 0.6) is 0 Å². The van der Waals surface area contributed by atoms with E-state index in [1.807, 2.05) is 42.2 Å². The summed E-state index contributed by atoms with van der Waals surface area (Å²) < 4.78 is 0. The third kappa shape index (κ3) is 2.43. The van der Waals surface area contributed by atoms with E-state index in [0.717, 1.165) is 35.5 Å². The number of likely N-dealkylation sites (tertiary alicyclic amines) is 1. The third-order valence-electron chi connectivity index (χ3n) is 4.61. The molecule has 0 bridgehead atoms. The molecule has 5 heteroatoms. The maximum absolute atomic E-state index is 12.8. The van der Waals surface area contributed by atoms with Gasteiger partial charge in [0.25, 0.3) is 5.91 Å². The van der Waals surface area contributed by atoms with E-state index in [-0.39, 0.29) is 11.9 Å². The molecule has 0 unspecified atom stereocenters. The topological polar surface area (TPSA) is 45.6 Å². The van der Waals surface area contributed by atoms with Crippen molar-refractivity contribution in [1.29, 1.82) is 0 Å². The minimum atomic E-state index is 0.0335. The Bertz CT molecular complexity index is 814. The van der Waals surface area contributed by atoms with Crippen molar-refractivity contribution in [3.63, 3.8) is 0 Å². The summed E-state index contributed by atoms with van der Waals surface area (Å²) in [6.45, 7) is 3.35. The summed E-state index contributed by atoms with van der Waals surface area (Å²) in [5.41, 5.74) is 4.68. The molecule has 2 aliphatic heterocycles. The zero-order chi connectivity index (χ0) is 16.0. The van der Waals surface area contributed by atoms with E-state index in [1.54, 1.807) is 6.20 Å². The van der Waals surface area contributed by atoms with Crippen LogP contribution in [0.25, 0.3) is 0 Å². The number of hydrogen-bond acceptors (Lipinski definition) is 3. The van der Waals surface area contributed by atoms with Gasteiger partial charge >= 0.3 is 0 Å². The van der Waals surface area contributed by atoms with Crippen LogP contribution in [-0.4, -0.2) is 28.0 Å². The lowest BCUT2D eigenvalue weighted by Gasteiger charge is -2.41. The van der Waals surface area contributed by atoms with Crippen LogP contribution in [0.2, 0.25) is 5.02 Å². The number of halogens is 1. The van der Waals surface area contributed by atoms with Crippen LogP contribution in [-0.2, 0) is 6.54 Å². The molecule has 1 aromatic carbocycles. The molecular weight excluding hydrogens is 310 g/mol. The van der Waals surface area contributed by atoms with Gasteiger partial charge in [-0.3, -0.25) is 14.8 Å². The van der Waals surface area contributed by atoms with E-state index in [9.17, 15) is 4.79 Å². The fraction of sp³-hybridized carbons (Fsp3) is 0.278. The molecule has 1 saturated heterocycles. The summed E-state index contributed by atoms with van der Waals surface area (Å²) in [5, 5.41) is 0.712. The molecule has 116 valence electrons. The van der Waals surface area contributed by atoms with Crippen molar-refractivity contribution >= 4 is 23.2 Å². The Morgan fingerprint density at radius 3 is 2.78 bits per heavy atom. The number of carbonyl (C=O) groups excluding carboxylic acids is 1. The second-order valence-electron chi connectivity index (χ2n) is 5.97. The van der Waals surface area contributed by atoms with Crippen LogP contribution in [0, 0.1) is 0 Å². The molecule has 4 nitrogen and oxygen atoms in total. The van der Waals surface area contributed by atoms with E-state index in [1.165, 1.54) is 0 Å². The number of hydrogen-bond donors (Lipinski definition) is 0. The Hall–Kier alpha value is -2.20. The van der Waals surface area contributed by atoms with Crippen LogP contribution in [0.1, 0.15) is 46.6 Å². The molecule has 0 saturated carbocycles. The first-order chi connectivity index (χ1) is 11.1. The van der Waals surface area contributed by atoms with Crippen molar-refractivity contribution in [2.75, 3.05) is 6.54 Å². The Balaban J connectivity index is 1.59. The van der Waals surface area contributed by atoms with Crippen LogP contribution in [0.3, 0.4) is 0 Å². The second kappa shape index (κ2) is 5.46. The smallest absolute Gasteiger partial charge is 0.255 e. The van der Waals surface area contributed by atoms with Crippen LogP contribution in [0.15, 0.2) is 41.5 Å². The maximum Gasteiger partial charge on any atom is 0.255 e. The molecule has 1 aromatic heterocycles. The number of fused-ring (bicyclic) bond motifs is 1. The summed E-state index contributed by atoms with van der Waals surface area (Å²) in [6, 6.07) is 9.77. The SMILES string of the molecule is CC1=NCc2ncc(C(=O)N3CC[C@H]3c3ccc(Cl)cc3)cc21. The van der Waals surface area contributed by atoms with Gasteiger partial charge in [0.1, 0.15) is 0 Å². The van der Waals surface area contributed by atoms with E-state index < -0.39 is 0 Å². The maximum atomic E-state index is 12.8. The zero-order valence-corrected chi connectivity index (χ0v) is 13.5. The highest BCUT2D eigenvalue weighted by Crippen LogP contribution is 2.35. The lowest BCUT2D eigenvalue weighted by atomic mass is 9.93. The first-order valence-electron chi connectivity index (χ1n) is 7.70. The monoisotopic (exact) mass is 325 g/mol. The summed E-state index contributed by atoms with van der Waals surface area (Å²) in [6.07, 6.45) is 2.65. The fourth-order valence-electron chi connectivity index (χ4n) is 3.16. The molecule has 3 heterocycles. The molecule has 0 radical (unpaired) electrons. The second-order valence-corrected chi connectivity index (χ2v) is 6.41. The summed E-state index contributed by atoms with van der Waals surface area (Å²) in [4.78, 5) is 23.5. The van der Waals surface area contributed by atoms with E-state index in [4.69, 9.17) is 11.6 Å². The molecule has 2 aromatic rings. The molecule has 1 amide bonds. The van der Waals surface area contributed by atoms with Crippen molar-refractivity contribution < 1.29 is 4.79 Å². The van der Waals surface area contributed by atoms with Crippen molar-refractivity contribution in [3.8, 4) is 0 Å². The van der Waals surface area contributed by atoms with Gasteiger partial charge in [-0.2, -0.15) is 0 Å². The minimum absolute atomic E-state index is 0.0335. The first kappa shape index (κ1) is 14.4. The predicted octanol–water partition coefficient (Wildman–Crippen LogP) is 3.64. The van der Waals surface area contributed by atoms with Crippen molar-refractivity contribution in [2.45, 2.75) is 25.9 Å². The van der Waals surface area contributed by atoms with Crippen molar-refractivity contribution in [2.24, 2.45) is 4.99 Å². The number of amides is 1. The fourth-order valence-corrected chi connectivity index (χ4v) is 3.28. The molecule has 1 fully saturated rings. The highest BCUT2D eigenvalue weighted by molar-refractivity contribution is 6.30. The number of carbonyl (C=O) groups is 1. The minimum Gasteiger partial charge on any atom is -0.331 e. The number of nitrogens with zero attached hydrogens (tertiary/aromatic N) is 3. The highest BCUT2D eigenvalue weighted by atomic mass is 35.5. The Morgan fingerprint density at radius 1 is 1.30 bits per heavy atom. The van der Waals surface area contributed by atoms with Gasteiger partial charge in [-0.15, -0.1) is 0 Å². The van der Waals surface area contributed by atoms with Gasteiger partial charge in [0.05, 0.1) is 23.8 Å². The average Bonchev–Trinajstić information content (AvgIpc) is 2.89. The molecular formula is C18H16ClN3O.